The number of hydrogen-bond donors (Lipinski definition) is 0. The highest BCUT2D eigenvalue weighted by Crippen LogP contribution is 2.30. The molecule has 3 aromatic carbocycles. The minimum absolute atomic E-state index is 0.00116. The van der Waals surface area contributed by atoms with E-state index in [2.05, 4.69) is 71.1 Å². The van der Waals surface area contributed by atoms with Crippen LogP contribution in [0.1, 0.15) is 33.5 Å². The monoisotopic (exact) mass is 497 g/mol. The topological polar surface area (TPSA) is 36.0 Å². The van der Waals surface area contributed by atoms with Crippen LogP contribution in [0, 0.1) is 6.92 Å². The van der Waals surface area contributed by atoms with E-state index in [0.29, 0.717) is 12.1 Å². The number of carbonyl (C=O) groups is 1. The van der Waals surface area contributed by atoms with Crippen molar-refractivity contribution >= 4 is 17.5 Å². The van der Waals surface area contributed by atoms with Crippen LogP contribution in [-0.4, -0.2) is 70.0 Å². The zero-order valence-electron chi connectivity index (χ0n) is 22.8. The lowest BCUT2D eigenvalue weighted by molar-refractivity contribution is 0.104. The first-order chi connectivity index (χ1) is 17.8. The van der Waals surface area contributed by atoms with Crippen LogP contribution >= 0.6 is 0 Å². The summed E-state index contributed by atoms with van der Waals surface area (Å²) in [6.45, 7) is 7.01. The summed E-state index contributed by atoms with van der Waals surface area (Å²) in [5.41, 5.74) is 7.55. The first-order valence-corrected chi connectivity index (χ1v) is 13.0. The minimum Gasteiger partial charge on any atom is -0.497 e. The average Bonchev–Trinajstić information content (AvgIpc) is 3.11. The Morgan fingerprint density at radius 2 is 1.81 bits per heavy atom. The predicted octanol–water partition coefficient (Wildman–Crippen LogP) is 5.77. The van der Waals surface area contributed by atoms with Crippen molar-refractivity contribution in [2.45, 2.75) is 19.9 Å². The number of benzene rings is 3. The Labute approximate surface area is 222 Å². The number of likely N-dealkylation sites (N-methyl/N-ethyl adjacent to an activating group) is 1. The van der Waals surface area contributed by atoms with Gasteiger partial charge >= 0.3 is 0 Å². The second-order valence-electron chi connectivity index (χ2n) is 10.2. The van der Waals surface area contributed by atoms with Crippen LogP contribution in [0.2, 0.25) is 0 Å². The lowest BCUT2D eigenvalue weighted by atomic mass is 9.97. The Bertz CT molecular complexity index is 1260. The van der Waals surface area contributed by atoms with E-state index in [0.717, 1.165) is 49.5 Å². The van der Waals surface area contributed by atoms with Gasteiger partial charge in [0, 0.05) is 37.4 Å². The highest BCUT2D eigenvalue weighted by molar-refractivity contribution is 6.08. The molecular weight excluding hydrogens is 458 g/mol. The average molecular weight is 498 g/mol. The van der Waals surface area contributed by atoms with Crippen molar-refractivity contribution in [2.75, 3.05) is 59.3 Å². The van der Waals surface area contributed by atoms with E-state index < -0.39 is 0 Å². The van der Waals surface area contributed by atoms with Crippen LogP contribution < -0.4 is 9.64 Å². The predicted molar refractivity (Wildman–Crippen MR) is 155 cm³/mol. The molecule has 0 N–H and O–H groups in total. The van der Waals surface area contributed by atoms with Gasteiger partial charge in [0.2, 0.25) is 0 Å². The lowest BCUT2D eigenvalue weighted by Gasteiger charge is -2.24. The van der Waals surface area contributed by atoms with Gasteiger partial charge < -0.3 is 19.4 Å². The lowest BCUT2D eigenvalue weighted by Crippen LogP contribution is -2.28. The highest BCUT2D eigenvalue weighted by atomic mass is 16.5. The molecule has 194 valence electrons. The molecule has 1 fully saturated rings. The third kappa shape index (κ3) is 6.88. The normalized spacial score (nSPS) is 14.8. The molecule has 0 spiro atoms. The van der Waals surface area contributed by atoms with E-state index in [1.54, 1.807) is 13.2 Å². The van der Waals surface area contributed by atoms with Crippen LogP contribution in [0.4, 0.5) is 5.69 Å². The Morgan fingerprint density at radius 1 is 1.00 bits per heavy atom. The number of aryl methyl sites for hydroxylation is 1. The van der Waals surface area contributed by atoms with Crippen molar-refractivity contribution in [1.82, 2.24) is 9.80 Å². The van der Waals surface area contributed by atoms with E-state index in [-0.39, 0.29) is 5.78 Å². The Balaban J connectivity index is 1.69. The van der Waals surface area contributed by atoms with Crippen molar-refractivity contribution in [2.24, 2.45) is 0 Å². The second kappa shape index (κ2) is 12.2. The van der Waals surface area contributed by atoms with Gasteiger partial charge in [0.1, 0.15) is 5.75 Å². The minimum atomic E-state index is -0.00116. The van der Waals surface area contributed by atoms with Gasteiger partial charge in [-0.15, -0.1) is 0 Å². The van der Waals surface area contributed by atoms with E-state index in [1.807, 2.05) is 38.4 Å². The SMILES string of the molecule is COc1ccc(C(=O)C=Cc2cc(-c3ccccc3C)cc(N3CCCN(C)CC3)c2)c(CN(C)C)c1. The molecule has 1 saturated heterocycles. The largest absolute Gasteiger partial charge is 0.497 e. The number of ether oxygens (including phenoxy) is 1. The molecule has 0 aromatic heterocycles. The standard InChI is InChI=1S/C32H39N3O2/c1-24-9-6-7-10-30(24)26-19-25(20-28(21-26)35-16-8-15-34(4)17-18-35)11-14-32(36)31-13-12-29(37-5)22-27(31)23-33(2)3/h6-7,9-14,19-22H,8,15-18,23H2,1-5H3. The molecule has 4 rings (SSSR count). The maximum Gasteiger partial charge on any atom is 0.186 e. The molecule has 0 aliphatic carbocycles. The second-order valence-corrected chi connectivity index (χ2v) is 10.2. The molecule has 1 aliphatic rings. The van der Waals surface area contributed by atoms with E-state index in [1.165, 1.54) is 22.4 Å². The van der Waals surface area contributed by atoms with E-state index in [9.17, 15) is 4.79 Å². The van der Waals surface area contributed by atoms with Crippen LogP contribution in [-0.2, 0) is 6.54 Å². The number of allylic oxidation sites excluding steroid dienone is 1. The number of methoxy groups -OCH3 is 1. The van der Waals surface area contributed by atoms with Crippen molar-refractivity contribution in [1.29, 1.82) is 0 Å². The molecule has 0 bridgehead atoms. The van der Waals surface area contributed by atoms with Crippen molar-refractivity contribution < 1.29 is 9.53 Å². The van der Waals surface area contributed by atoms with E-state index >= 15 is 0 Å². The maximum absolute atomic E-state index is 13.3. The van der Waals surface area contributed by atoms with Gasteiger partial charge in [-0.2, -0.15) is 0 Å². The molecule has 5 heteroatoms. The highest BCUT2D eigenvalue weighted by Gasteiger charge is 2.15. The zero-order chi connectivity index (χ0) is 26.4. The molecule has 1 aliphatic heterocycles. The van der Waals surface area contributed by atoms with Crippen molar-refractivity contribution in [3.63, 3.8) is 0 Å². The molecule has 0 radical (unpaired) electrons. The van der Waals surface area contributed by atoms with Gasteiger partial charge in [-0.3, -0.25) is 4.79 Å². The van der Waals surface area contributed by atoms with Gasteiger partial charge in [0.25, 0.3) is 0 Å². The number of ketones is 1. The fraction of sp³-hybridized carbons (Fsp3) is 0.344. The summed E-state index contributed by atoms with van der Waals surface area (Å²) >= 11 is 0. The summed E-state index contributed by atoms with van der Waals surface area (Å²) in [4.78, 5) is 20.3. The molecule has 0 amide bonds. The molecule has 0 saturated carbocycles. The fourth-order valence-electron chi connectivity index (χ4n) is 4.94. The van der Waals surface area contributed by atoms with Gasteiger partial charge in [0.05, 0.1) is 7.11 Å². The third-order valence-corrected chi connectivity index (χ3v) is 6.97. The zero-order valence-corrected chi connectivity index (χ0v) is 22.8. The quantitative estimate of drug-likeness (QED) is 0.292. The number of hydrogen-bond acceptors (Lipinski definition) is 5. The molecule has 3 aromatic rings. The van der Waals surface area contributed by atoms with Gasteiger partial charge in [-0.1, -0.05) is 30.3 Å². The first kappa shape index (κ1) is 26.6. The number of anilines is 1. The Hall–Kier alpha value is -3.41. The number of rotatable bonds is 8. The summed E-state index contributed by atoms with van der Waals surface area (Å²) in [6, 6.07) is 20.9. The van der Waals surface area contributed by atoms with E-state index in [4.69, 9.17) is 4.74 Å². The molecule has 37 heavy (non-hydrogen) atoms. The molecular formula is C32H39N3O2. The van der Waals surface area contributed by atoms with Crippen LogP contribution in [0.3, 0.4) is 0 Å². The summed E-state index contributed by atoms with van der Waals surface area (Å²) < 4.78 is 5.40. The molecule has 1 heterocycles. The summed E-state index contributed by atoms with van der Waals surface area (Å²) in [7, 11) is 7.85. The van der Waals surface area contributed by atoms with Crippen LogP contribution in [0.25, 0.3) is 17.2 Å². The fourth-order valence-corrected chi connectivity index (χ4v) is 4.94. The van der Waals surface area contributed by atoms with Crippen LogP contribution in [0.5, 0.6) is 5.75 Å². The third-order valence-electron chi connectivity index (χ3n) is 6.97. The van der Waals surface area contributed by atoms with Crippen molar-refractivity contribution in [3.05, 3.63) is 89.0 Å². The smallest absolute Gasteiger partial charge is 0.186 e. The number of nitrogens with zero attached hydrogens (tertiary/aromatic N) is 3. The van der Waals surface area contributed by atoms with Crippen LogP contribution in [0.15, 0.2) is 66.7 Å². The van der Waals surface area contributed by atoms with Crippen molar-refractivity contribution in [3.8, 4) is 16.9 Å². The molecule has 0 atom stereocenters. The van der Waals surface area contributed by atoms with Gasteiger partial charge in [-0.25, -0.2) is 0 Å². The molecule has 0 unspecified atom stereocenters. The maximum atomic E-state index is 13.3. The Morgan fingerprint density at radius 3 is 2.57 bits per heavy atom. The summed E-state index contributed by atoms with van der Waals surface area (Å²) in [6.07, 6.45) is 4.81. The first-order valence-electron chi connectivity index (χ1n) is 13.0. The summed E-state index contributed by atoms with van der Waals surface area (Å²) in [5.74, 6) is 0.759. The summed E-state index contributed by atoms with van der Waals surface area (Å²) in [5, 5.41) is 0. The van der Waals surface area contributed by atoms with Gasteiger partial charge in [0.15, 0.2) is 5.78 Å². The van der Waals surface area contributed by atoms with Gasteiger partial charge in [-0.05, 0) is 111 Å². The Kier molecular flexibility index (Phi) is 8.80. The number of carbonyl (C=O) groups excluding carboxylic acids is 1. The molecule has 5 nitrogen and oxygen atoms in total.